The van der Waals surface area contributed by atoms with E-state index >= 15 is 0 Å². The summed E-state index contributed by atoms with van der Waals surface area (Å²) in [5.74, 6) is -1.71. The highest BCUT2D eigenvalue weighted by Crippen LogP contribution is 2.24. The van der Waals surface area contributed by atoms with Gasteiger partial charge in [-0.1, -0.05) is 0 Å². The summed E-state index contributed by atoms with van der Waals surface area (Å²) in [6.07, 6.45) is 2.45. The summed E-state index contributed by atoms with van der Waals surface area (Å²) < 4.78 is 18.9. The first-order valence-corrected chi connectivity index (χ1v) is 5.26. The second-order valence-electron chi connectivity index (χ2n) is 3.70. The number of carboxylic acid groups (broad SMARTS) is 1. The molecule has 3 aromatic heterocycles. The zero-order chi connectivity index (χ0) is 13.4. The van der Waals surface area contributed by atoms with Crippen LogP contribution in [0.15, 0.2) is 35.0 Å². The van der Waals surface area contributed by atoms with E-state index in [4.69, 9.17) is 9.52 Å². The van der Waals surface area contributed by atoms with E-state index in [1.165, 1.54) is 24.4 Å². The average Bonchev–Trinajstić information content (AvgIpc) is 2.81. The third-order valence-corrected chi connectivity index (χ3v) is 2.48. The first-order valence-electron chi connectivity index (χ1n) is 5.26. The van der Waals surface area contributed by atoms with Crippen LogP contribution in [0.1, 0.15) is 10.5 Å². The van der Waals surface area contributed by atoms with Crippen molar-refractivity contribution in [3.63, 3.8) is 0 Å². The van der Waals surface area contributed by atoms with Crippen LogP contribution in [-0.2, 0) is 0 Å². The molecule has 3 heterocycles. The van der Waals surface area contributed by atoms with Gasteiger partial charge in [-0.3, -0.25) is 4.98 Å². The molecular weight excluding hydrogens is 253 g/mol. The molecule has 0 saturated heterocycles. The van der Waals surface area contributed by atoms with Crippen LogP contribution in [0.4, 0.5) is 4.39 Å². The van der Waals surface area contributed by atoms with Crippen molar-refractivity contribution in [3.8, 4) is 11.5 Å². The second-order valence-corrected chi connectivity index (χ2v) is 3.70. The zero-order valence-electron chi connectivity index (χ0n) is 9.37. The van der Waals surface area contributed by atoms with Crippen LogP contribution in [0.3, 0.4) is 0 Å². The standard InChI is InChI=1S/C12H6FN3O3/c13-7-5-14-4-3-6(7)11-16-10-9(19-11)2-1-8(15-10)12(17)18/h1-5H,(H,17,18). The summed E-state index contributed by atoms with van der Waals surface area (Å²) in [6.45, 7) is 0. The fourth-order valence-corrected chi connectivity index (χ4v) is 1.60. The highest BCUT2D eigenvalue weighted by molar-refractivity contribution is 5.88. The van der Waals surface area contributed by atoms with Crippen molar-refractivity contribution in [3.05, 3.63) is 42.1 Å². The number of carboxylic acids is 1. The smallest absolute Gasteiger partial charge is 0.354 e. The van der Waals surface area contributed by atoms with Crippen molar-refractivity contribution in [2.45, 2.75) is 0 Å². The molecular formula is C12H6FN3O3. The fraction of sp³-hybridized carbons (Fsp3) is 0. The van der Waals surface area contributed by atoms with Gasteiger partial charge >= 0.3 is 5.97 Å². The van der Waals surface area contributed by atoms with Crippen LogP contribution < -0.4 is 0 Å². The van der Waals surface area contributed by atoms with E-state index in [-0.39, 0.29) is 28.4 Å². The Kier molecular flexibility index (Phi) is 2.45. The van der Waals surface area contributed by atoms with Gasteiger partial charge in [-0.25, -0.2) is 14.2 Å². The van der Waals surface area contributed by atoms with Gasteiger partial charge in [-0.15, -0.1) is 0 Å². The highest BCUT2D eigenvalue weighted by Gasteiger charge is 2.15. The van der Waals surface area contributed by atoms with Gasteiger partial charge in [0, 0.05) is 6.20 Å². The Morgan fingerprint density at radius 3 is 2.84 bits per heavy atom. The predicted molar refractivity (Wildman–Crippen MR) is 62.0 cm³/mol. The maximum Gasteiger partial charge on any atom is 0.354 e. The lowest BCUT2D eigenvalue weighted by Crippen LogP contribution is -1.99. The van der Waals surface area contributed by atoms with Crippen molar-refractivity contribution in [2.24, 2.45) is 0 Å². The molecule has 0 aliphatic rings. The summed E-state index contributed by atoms with van der Waals surface area (Å²) in [7, 11) is 0. The maximum absolute atomic E-state index is 13.5. The van der Waals surface area contributed by atoms with Gasteiger partial charge in [0.2, 0.25) is 5.89 Å². The largest absolute Gasteiger partial charge is 0.477 e. The number of nitrogens with zero attached hydrogens (tertiary/aromatic N) is 3. The minimum atomic E-state index is -1.17. The first-order chi connectivity index (χ1) is 9.15. The minimum Gasteiger partial charge on any atom is -0.477 e. The molecule has 3 rings (SSSR count). The topological polar surface area (TPSA) is 89.1 Å². The van der Waals surface area contributed by atoms with Crippen LogP contribution >= 0.6 is 0 Å². The molecule has 19 heavy (non-hydrogen) atoms. The minimum absolute atomic E-state index is 0.0324. The first kappa shape index (κ1) is 11.3. The van der Waals surface area contributed by atoms with Crippen molar-refractivity contribution < 1.29 is 18.7 Å². The van der Waals surface area contributed by atoms with E-state index in [0.717, 1.165) is 6.20 Å². The number of rotatable bonds is 2. The summed E-state index contributed by atoms with van der Waals surface area (Å²) in [6, 6.07) is 4.14. The van der Waals surface area contributed by atoms with Crippen molar-refractivity contribution in [1.29, 1.82) is 0 Å². The molecule has 3 aromatic rings. The van der Waals surface area contributed by atoms with E-state index < -0.39 is 11.8 Å². The number of fused-ring (bicyclic) bond motifs is 1. The van der Waals surface area contributed by atoms with Crippen LogP contribution in [0.25, 0.3) is 22.7 Å². The number of carbonyl (C=O) groups is 1. The molecule has 0 aliphatic heterocycles. The molecule has 0 atom stereocenters. The lowest BCUT2D eigenvalue weighted by molar-refractivity contribution is 0.0691. The number of aromatic nitrogens is 3. The van der Waals surface area contributed by atoms with E-state index in [9.17, 15) is 9.18 Å². The van der Waals surface area contributed by atoms with Crippen molar-refractivity contribution >= 4 is 17.2 Å². The normalized spacial score (nSPS) is 10.8. The fourth-order valence-electron chi connectivity index (χ4n) is 1.60. The number of hydrogen-bond acceptors (Lipinski definition) is 5. The zero-order valence-corrected chi connectivity index (χ0v) is 9.37. The molecule has 7 heteroatoms. The van der Waals surface area contributed by atoms with E-state index in [1.54, 1.807) is 0 Å². The number of oxazole rings is 1. The molecule has 0 saturated carbocycles. The second kappa shape index (κ2) is 4.13. The SMILES string of the molecule is O=C(O)c1ccc2oc(-c3ccncc3F)nc2n1. The van der Waals surface area contributed by atoms with Gasteiger partial charge in [0.25, 0.3) is 0 Å². The van der Waals surface area contributed by atoms with Crippen LogP contribution in [-0.4, -0.2) is 26.0 Å². The maximum atomic E-state index is 13.5. The average molecular weight is 259 g/mol. The Morgan fingerprint density at radius 2 is 2.11 bits per heavy atom. The van der Waals surface area contributed by atoms with Crippen molar-refractivity contribution in [1.82, 2.24) is 15.0 Å². The predicted octanol–water partition coefficient (Wildman–Crippen LogP) is 2.12. The van der Waals surface area contributed by atoms with Gasteiger partial charge in [-0.2, -0.15) is 4.98 Å². The van der Waals surface area contributed by atoms with Crippen LogP contribution in [0.2, 0.25) is 0 Å². The Bertz CT molecular complexity index is 785. The molecule has 1 N–H and O–H groups in total. The van der Waals surface area contributed by atoms with Crippen LogP contribution in [0, 0.1) is 5.82 Å². The molecule has 0 spiro atoms. The Balaban J connectivity index is 2.17. The van der Waals surface area contributed by atoms with E-state index in [2.05, 4.69) is 15.0 Å². The molecule has 0 aliphatic carbocycles. The molecule has 0 bridgehead atoms. The lowest BCUT2D eigenvalue weighted by atomic mass is 10.2. The summed E-state index contributed by atoms with van der Waals surface area (Å²) in [5, 5.41) is 8.82. The van der Waals surface area contributed by atoms with Gasteiger partial charge in [0.1, 0.15) is 0 Å². The lowest BCUT2D eigenvalue weighted by Gasteiger charge is -1.94. The van der Waals surface area contributed by atoms with Crippen LogP contribution in [0.5, 0.6) is 0 Å². The molecule has 0 unspecified atom stereocenters. The van der Waals surface area contributed by atoms with Gasteiger partial charge in [0.15, 0.2) is 22.7 Å². The Morgan fingerprint density at radius 1 is 1.26 bits per heavy atom. The molecule has 0 fully saturated rings. The third-order valence-electron chi connectivity index (χ3n) is 2.48. The summed E-state index contributed by atoms with van der Waals surface area (Å²) in [4.78, 5) is 22.2. The summed E-state index contributed by atoms with van der Waals surface area (Å²) in [5.41, 5.74) is 0.398. The molecule has 0 amide bonds. The summed E-state index contributed by atoms with van der Waals surface area (Å²) >= 11 is 0. The number of halogens is 1. The van der Waals surface area contributed by atoms with E-state index in [1.807, 2.05) is 0 Å². The Labute approximate surface area is 105 Å². The molecule has 6 nitrogen and oxygen atoms in total. The molecule has 0 radical (unpaired) electrons. The third kappa shape index (κ3) is 1.90. The quantitative estimate of drug-likeness (QED) is 0.758. The number of hydrogen-bond donors (Lipinski definition) is 1. The Hall–Kier alpha value is -2.83. The number of aromatic carboxylic acids is 1. The molecule has 0 aromatic carbocycles. The van der Waals surface area contributed by atoms with Gasteiger partial charge < -0.3 is 9.52 Å². The van der Waals surface area contributed by atoms with E-state index in [0.29, 0.717) is 0 Å². The van der Waals surface area contributed by atoms with Gasteiger partial charge in [-0.05, 0) is 18.2 Å². The molecule has 94 valence electrons. The van der Waals surface area contributed by atoms with Crippen molar-refractivity contribution in [2.75, 3.05) is 0 Å². The number of pyridine rings is 2. The monoisotopic (exact) mass is 259 g/mol. The van der Waals surface area contributed by atoms with Gasteiger partial charge in [0.05, 0.1) is 11.8 Å². The highest BCUT2D eigenvalue weighted by atomic mass is 19.1.